The van der Waals surface area contributed by atoms with Crippen LogP contribution in [0.4, 0.5) is 5.00 Å². The minimum atomic E-state index is -0.464. The van der Waals surface area contributed by atoms with Crippen molar-refractivity contribution in [1.29, 1.82) is 0 Å². The van der Waals surface area contributed by atoms with Gasteiger partial charge in [0.2, 0.25) is 17.7 Å². The summed E-state index contributed by atoms with van der Waals surface area (Å²) in [6, 6.07) is 0. The Balaban J connectivity index is 1.64. The lowest BCUT2D eigenvalue weighted by Crippen LogP contribution is -2.34. The highest BCUT2D eigenvalue weighted by Crippen LogP contribution is 2.38. The predicted molar refractivity (Wildman–Crippen MR) is 105 cm³/mol. The molecule has 2 heterocycles. The lowest BCUT2D eigenvalue weighted by atomic mass is 9.81. The number of nitrogens with one attached hydrogen (secondary N) is 1. The molecule has 2 atom stereocenters. The Morgan fingerprint density at radius 3 is 2.32 bits per heavy atom. The van der Waals surface area contributed by atoms with Crippen molar-refractivity contribution in [2.75, 3.05) is 18.5 Å². The monoisotopic (exact) mass is 406 g/mol. The Morgan fingerprint density at radius 1 is 1.14 bits per heavy atom. The summed E-state index contributed by atoms with van der Waals surface area (Å²) in [4.78, 5) is 51.8. The SMILES string of the molecule is CCOC(=O)c1c(NC(=O)CCN2C(=O)[C@H]3CCCC[C@@H]3C2=O)sc(C)c1C. The molecule has 1 saturated heterocycles. The van der Waals surface area contributed by atoms with Crippen molar-refractivity contribution in [3.8, 4) is 0 Å². The van der Waals surface area contributed by atoms with Crippen LogP contribution < -0.4 is 5.32 Å². The summed E-state index contributed by atoms with van der Waals surface area (Å²) >= 11 is 1.32. The second kappa shape index (κ2) is 8.43. The molecule has 1 N–H and O–H groups in total. The number of thiophene rings is 1. The summed E-state index contributed by atoms with van der Waals surface area (Å²) in [7, 11) is 0. The van der Waals surface area contributed by atoms with Gasteiger partial charge in [-0.05, 0) is 39.2 Å². The zero-order valence-electron chi connectivity index (χ0n) is 16.5. The third kappa shape index (κ3) is 3.83. The van der Waals surface area contributed by atoms with Gasteiger partial charge in [-0.3, -0.25) is 19.3 Å². The van der Waals surface area contributed by atoms with Crippen LogP contribution in [0.3, 0.4) is 0 Å². The number of esters is 1. The molecule has 0 aromatic carbocycles. The third-order valence-corrected chi connectivity index (χ3v) is 6.74. The molecule has 0 radical (unpaired) electrons. The van der Waals surface area contributed by atoms with E-state index in [2.05, 4.69) is 5.32 Å². The van der Waals surface area contributed by atoms with Crippen LogP contribution in [-0.2, 0) is 19.1 Å². The summed E-state index contributed by atoms with van der Waals surface area (Å²) in [5.74, 6) is -1.49. The van der Waals surface area contributed by atoms with Crippen LogP contribution in [0, 0.1) is 25.7 Å². The maximum atomic E-state index is 12.5. The molecule has 1 aliphatic heterocycles. The molecule has 1 aliphatic carbocycles. The van der Waals surface area contributed by atoms with Gasteiger partial charge in [-0.15, -0.1) is 11.3 Å². The topological polar surface area (TPSA) is 92.8 Å². The summed E-state index contributed by atoms with van der Waals surface area (Å²) in [6.45, 7) is 5.75. The van der Waals surface area contributed by atoms with E-state index in [4.69, 9.17) is 4.74 Å². The number of likely N-dealkylation sites (tertiary alicyclic amines) is 1. The molecule has 2 aliphatic rings. The van der Waals surface area contributed by atoms with E-state index in [1.54, 1.807) is 6.92 Å². The zero-order valence-corrected chi connectivity index (χ0v) is 17.3. The fourth-order valence-corrected chi connectivity index (χ4v) is 5.08. The average Bonchev–Trinajstić information content (AvgIpc) is 3.07. The van der Waals surface area contributed by atoms with Crippen LogP contribution in [0.2, 0.25) is 0 Å². The normalized spacial score (nSPS) is 21.6. The standard InChI is InChI=1S/C20H26N2O5S/c1-4-27-20(26)16-11(2)12(3)28-17(16)21-15(23)9-10-22-18(24)13-7-5-6-8-14(13)19(22)25/h13-14H,4-10H2,1-3H3,(H,21,23)/t13-,14-/m0/s1. The molecule has 2 fully saturated rings. The number of hydrogen-bond acceptors (Lipinski definition) is 6. The van der Waals surface area contributed by atoms with Crippen LogP contribution in [0.15, 0.2) is 0 Å². The molecule has 1 aromatic rings. The highest BCUT2D eigenvalue weighted by atomic mass is 32.1. The van der Waals surface area contributed by atoms with Crippen LogP contribution in [0.25, 0.3) is 0 Å². The second-order valence-electron chi connectivity index (χ2n) is 7.33. The molecule has 28 heavy (non-hydrogen) atoms. The van der Waals surface area contributed by atoms with E-state index < -0.39 is 5.97 Å². The number of nitrogens with zero attached hydrogens (tertiary/aromatic N) is 1. The van der Waals surface area contributed by atoms with E-state index in [1.807, 2.05) is 13.8 Å². The smallest absolute Gasteiger partial charge is 0.341 e. The van der Waals surface area contributed by atoms with Gasteiger partial charge in [0, 0.05) is 17.8 Å². The molecule has 152 valence electrons. The van der Waals surface area contributed by atoms with Crippen LogP contribution in [0.5, 0.6) is 0 Å². The first-order valence-electron chi connectivity index (χ1n) is 9.77. The van der Waals surface area contributed by atoms with Crippen molar-refractivity contribution in [2.45, 2.75) is 52.9 Å². The van der Waals surface area contributed by atoms with Crippen molar-refractivity contribution in [3.05, 3.63) is 16.0 Å². The van der Waals surface area contributed by atoms with E-state index in [9.17, 15) is 19.2 Å². The van der Waals surface area contributed by atoms with Crippen LogP contribution >= 0.6 is 11.3 Å². The van der Waals surface area contributed by atoms with E-state index in [0.29, 0.717) is 10.6 Å². The number of aryl methyl sites for hydroxylation is 1. The molecule has 3 rings (SSSR count). The number of amides is 3. The Labute approximate surface area is 168 Å². The maximum Gasteiger partial charge on any atom is 0.341 e. The number of ether oxygens (including phenoxy) is 1. The minimum Gasteiger partial charge on any atom is -0.462 e. The Bertz CT molecular complexity index is 792. The number of fused-ring (bicyclic) bond motifs is 1. The minimum absolute atomic E-state index is 0.00911. The van der Waals surface area contributed by atoms with Crippen molar-refractivity contribution in [2.24, 2.45) is 11.8 Å². The highest BCUT2D eigenvalue weighted by Gasteiger charge is 2.47. The number of hydrogen-bond donors (Lipinski definition) is 1. The van der Waals surface area contributed by atoms with E-state index in [0.717, 1.165) is 36.1 Å². The maximum absolute atomic E-state index is 12.5. The van der Waals surface area contributed by atoms with Crippen molar-refractivity contribution in [1.82, 2.24) is 4.90 Å². The van der Waals surface area contributed by atoms with Gasteiger partial charge in [0.15, 0.2) is 0 Å². The summed E-state index contributed by atoms with van der Waals surface area (Å²) in [5.41, 5.74) is 1.16. The first-order chi connectivity index (χ1) is 13.3. The van der Waals surface area contributed by atoms with Crippen LogP contribution in [0.1, 0.15) is 59.8 Å². The van der Waals surface area contributed by atoms with Gasteiger partial charge in [0.1, 0.15) is 5.00 Å². The summed E-state index contributed by atoms with van der Waals surface area (Å²) < 4.78 is 5.09. The fraction of sp³-hybridized carbons (Fsp3) is 0.600. The van der Waals surface area contributed by atoms with Gasteiger partial charge in [0.05, 0.1) is 24.0 Å². The first kappa shape index (κ1) is 20.5. The molecule has 3 amide bonds. The van der Waals surface area contributed by atoms with Gasteiger partial charge in [-0.1, -0.05) is 12.8 Å². The van der Waals surface area contributed by atoms with E-state index in [-0.39, 0.29) is 49.1 Å². The third-order valence-electron chi connectivity index (χ3n) is 5.61. The number of imide groups is 1. The molecule has 0 spiro atoms. The van der Waals surface area contributed by atoms with Crippen molar-refractivity contribution in [3.63, 3.8) is 0 Å². The van der Waals surface area contributed by atoms with Gasteiger partial charge in [-0.2, -0.15) is 0 Å². The first-order valence-corrected chi connectivity index (χ1v) is 10.6. The lowest BCUT2D eigenvalue weighted by molar-refractivity contribution is -0.140. The number of carbonyl (C=O) groups is 4. The molecule has 0 bridgehead atoms. The predicted octanol–water partition coefficient (Wildman–Crippen LogP) is 3.05. The molecule has 1 aromatic heterocycles. The zero-order chi connectivity index (χ0) is 20.4. The summed E-state index contributed by atoms with van der Waals surface area (Å²) in [5, 5.41) is 3.21. The number of anilines is 1. The summed E-state index contributed by atoms with van der Waals surface area (Å²) in [6.07, 6.45) is 3.48. The fourth-order valence-electron chi connectivity index (χ4n) is 4.02. The van der Waals surface area contributed by atoms with Gasteiger partial charge in [-0.25, -0.2) is 4.79 Å². The number of rotatable bonds is 6. The van der Waals surface area contributed by atoms with Crippen LogP contribution in [-0.4, -0.2) is 41.7 Å². The highest BCUT2D eigenvalue weighted by molar-refractivity contribution is 7.16. The molecular weight excluding hydrogens is 380 g/mol. The molecule has 1 saturated carbocycles. The van der Waals surface area contributed by atoms with Crippen molar-refractivity contribution >= 4 is 40.0 Å². The van der Waals surface area contributed by atoms with E-state index >= 15 is 0 Å². The lowest BCUT2D eigenvalue weighted by Gasteiger charge is -2.19. The van der Waals surface area contributed by atoms with Gasteiger partial charge in [0.25, 0.3) is 0 Å². The quantitative estimate of drug-likeness (QED) is 0.579. The van der Waals surface area contributed by atoms with Gasteiger partial charge >= 0.3 is 5.97 Å². The van der Waals surface area contributed by atoms with Gasteiger partial charge < -0.3 is 10.1 Å². The molecular formula is C20H26N2O5S. The average molecular weight is 407 g/mol. The Kier molecular flexibility index (Phi) is 6.17. The molecule has 8 heteroatoms. The Morgan fingerprint density at radius 2 is 1.75 bits per heavy atom. The van der Waals surface area contributed by atoms with Crippen molar-refractivity contribution < 1.29 is 23.9 Å². The largest absolute Gasteiger partial charge is 0.462 e. The van der Waals surface area contributed by atoms with E-state index in [1.165, 1.54) is 16.2 Å². The molecule has 7 nitrogen and oxygen atoms in total. The second-order valence-corrected chi connectivity index (χ2v) is 8.56. The molecule has 0 unspecified atom stereocenters. The number of carbonyl (C=O) groups excluding carboxylic acids is 4. The Hall–Kier alpha value is -2.22.